The van der Waals surface area contributed by atoms with Crippen LogP contribution in [0.2, 0.25) is 0 Å². The first-order valence-corrected chi connectivity index (χ1v) is 5.47. The van der Waals surface area contributed by atoms with Crippen molar-refractivity contribution in [2.24, 2.45) is 0 Å². The van der Waals surface area contributed by atoms with Gasteiger partial charge in [-0.05, 0) is 23.8 Å². The van der Waals surface area contributed by atoms with Gasteiger partial charge in [0.25, 0.3) is 0 Å². The lowest BCUT2D eigenvalue weighted by atomic mass is 9.97. The second-order valence-electron chi connectivity index (χ2n) is 3.98. The van der Waals surface area contributed by atoms with Crippen LogP contribution in [0.4, 0.5) is 8.78 Å². The zero-order chi connectivity index (χ0) is 14.9. The Hall–Kier alpha value is -2.76. The van der Waals surface area contributed by atoms with Crippen LogP contribution in [0.1, 0.15) is 20.7 Å². The molecule has 102 valence electrons. The van der Waals surface area contributed by atoms with Crippen LogP contribution in [-0.4, -0.2) is 22.2 Å². The predicted octanol–water partition coefficient (Wildman–Crippen LogP) is 3.03. The summed E-state index contributed by atoms with van der Waals surface area (Å²) in [6.07, 6.45) is 0. The van der Waals surface area contributed by atoms with Crippen molar-refractivity contribution in [2.75, 3.05) is 0 Å². The van der Waals surface area contributed by atoms with Crippen LogP contribution in [-0.2, 0) is 0 Å². The molecule has 0 aliphatic carbocycles. The average Bonchev–Trinajstić information content (AvgIpc) is 2.41. The molecule has 0 heterocycles. The summed E-state index contributed by atoms with van der Waals surface area (Å²) in [5, 5.41) is 17.9. The van der Waals surface area contributed by atoms with Gasteiger partial charge in [-0.25, -0.2) is 18.4 Å². The van der Waals surface area contributed by atoms with E-state index in [9.17, 15) is 18.4 Å². The maximum Gasteiger partial charge on any atom is 0.336 e. The Balaban J connectivity index is 2.76. The van der Waals surface area contributed by atoms with Gasteiger partial charge in [-0.3, -0.25) is 0 Å². The molecule has 2 aromatic carbocycles. The Labute approximate surface area is 111 Å². The van der Waals surface area contributed by atoms with E-state index >= 15 is 0 Å². The molecule has 6 heteroatoms. The Bertz CT molecular complexity index is 710. The lowest BCUT2D eigenvalue weighted by molar-refractivity contribution is 0.0687. The molecular formula is C14H8F2O4. The molecule has 0 aliphatic rings. The second kappa shape index (κ2) is 5.08. The van der Waals surface area contributed by atoms with E-state index in [1.807, 2.05) is 0 Å². The minimum absolute atomic E-state index is 0.0838. The first-order chi connectivity index (χ1) is 9.41. The van der Waals surface area contributed by atoms with Gasteiger partial charge >= 0.3 is 11.9 Å². The van der Waals surface area contributed by atoms with E-state index in [1.54, 1.807) is 0 Å². The maximum absolute atomic E-state index is 13.8. The minimum atomic E-state index is -1.43. The normalized spacial score (nSPS) is 10.3. The van der Waals surface area contributed by atoms with Gasteiger partial charge in [0.05, 0.1) is 11.1 Å². The highest BCUT2D eigenvalue weighted by atomic mass is 19.2. The summed E-state index contributed by atoms with van der Waals surface area (Å²) in [6, 6.07) is 6.84. The molecule has 2 aromatic rings. The Kier molecular flexibility index (Phi) is 3.47. The van der Waals surface area contributed by atoms with Crippen LogP contribution in [0.25, 0.3) is 11.1 Å². The largest absolute Gasteiger partial charge is 0.478 e. The zero-order valence-electron chi connectivity index (χ0n) is 9.93. The molecule has 20 heavy (non-hydrogen) atoms. The molecule has 0 radical (unpaired) electrons. The molecule has 0 atom stereocenters. The smallest absolute Gasteiger partial charge is 0.336 e. The lowest BCUT2D eigenvalue weighted by Gasteiger charge is -2.09. The van der Waals surface area contributed by atoms with Gasteiger partial charge in [0.2, 0.25) is 0 Å². The number of halogens is 2. The fourth-order valence-corrected chi connectivity index (χ4v) is 1.81. The summed E-state index contributed by atoms with van der Waals surface area (Å²) in [7, 11) is 0. The van der Waals surface area contributed by atoms with Crippen molar-refractivity contribution in [1.82, 2.24) is 0 Å². The summed E-state index contributed by atoms with van der Waals surface area (Å²) in [4.78, 5) is 21.9. The number of carbonyl (C=O) groups is 2. The molecule has 0 spiro atoms. The molecule has 0 bridgehead atoms. The lowest BCUT2D eigenvalue weighted by Crippen LogP contribution is -2.04. The van der Waals surface area contributed by atoms with E-state index in [1.165, 1.54) is 24.3 Å². The Morgan fingerprint density at radius 2 is 1.55 bits per heavy atom. The number of aromatic carboxylic acids is 2. The summed E-state index contributed by atoms with van der Waals surface area (Å²) in [5.41, 5.74) is -1.19. The topological polar surface area (TPSA) is 74.6 Å². The van der Waals surface area contributed by atoms with E-state index in [2.05, 4.69) is 0 Å². The maximum atomic E-state index is 13.8. The first kappa shape index (κ1) is 13.7. The number of carboxylic acid groups (broad SMARTS) is 2. The Morgan fingerprint density at radius 1 is 0.900 bits per heavy atom. The number of carboxylic acids is 2. The van der Waals surface area contributed by atoms with E-state index in [0.29, 0.717) is 6.07 Å². The van der Waals surface area contributed by atoms with Crippen molar-refractivity contribution < 1.29 is 28.6 Å². The third-order valence-electron chi connectivity index (χ3n) is 2.72. The number of hydrogen-bond acceptors (Lipinski definition) is 2. The number of rotatable bonds is 3. The highest BCUT2D eigenvalue weighted by Gasteiger charge is 2.19. The molecule has 0 saturated heterocycles. The minimum Gasteiger partial charge on any atom is -0.478 e. The van der Waals surface area contributed by atoms with Crippen molar-refractivity contribution in [1.29, 1.82) is 0 Å². The fourth-order valence-electron chi connectivity index (χ4n) is 1.81. The molecule has 0 unspecified atom stereocenters. The molecule has 0 saturated carbocycles. The first-order valence-electron chi connectivity index (χ1n) is 5.47. The molecular weight excluding hydrogens is 270 g/mol. The van der Waals surface area contributed by atoms with Gasteiger partial charge in [0.1, 0.15) is 0 Å². The van der Waals surface area contributed by atoms with Gasteiger partial charge in [-0.1, -0.05) is 18.2 Å². The zero-order valence-corrected chi connectivity index (χ0v) is 9.93. The molecule has 0 aliphatic heterocycles. The van der Waals surface area contributed by atoms with Gasteiger partial charge in [0.15, 0.2) is 11.6 Å². The van der Waals surface area contributed by atoms with E-state index in [-0.39, 0.29) is 11.1 Å². The molecule has 4 nitrogen and oxygen atoms in total. The SMILES string of the molecule is O=C(O)c1cc(F)c(F)c(-c2ccccc2C(=O)O)c1. The van der Waals surface area contributed by atoms with Crippen molar-refractivity contribution in [2.45, 2.75) is 0 Å². The van der Waals surface area contributed by atoms with E-state index in [0.717, 1.165) is 6.07 Å². The van der Waals surface area contributed by atoms with Crippen molar-refractivity contribution >= 4 is 11.9 Å². The van der Waals surface area contributed by atoms with Crippen LogP contribution in [0.3, 0.4) is 0 Å². The molecule has 2 N–H and O–H groups in total. The fraction of sp³-hybridized carbons (Fsp3) is 0. The monoisotopic (exact) mass is 278 g/mol. The summed E-state index contributed by atoms with van der Waals surface area (Å²) in [6.45, 7) is 0. The quantitative estimate of drug-likeness (QED) is 0.905. The number of benzene rings is 2. The van der Waals surface area contributed by atoms with Crippen LogP contribution in [0, 0.1) is 11.6 Å². The van der Waals surface area contributed by atoms with Crippen LogP contribution in [0.15, 0.2) is 36.4 Å². The Morgan fingerprint density at radius 3 is 2.15 bits per heavy atom. The van der Waals surface area contributed by atoms with Crippen LogP contribution >= 0.6 is 0 Å². The van der Waals surface area contributed by atoms with Crippen molar-refractivity contribution in [3.05, 3.63) is 59.2 Å². The van der Waals surface area contributed by atoms with Gasteiger partial charge in [-0.2, -0.15) is 0 Å². The van der Waals surface area contributed by atoms with Crippen molar-refractivity contribution in [3.8, 4) is 11.1 Å². The molecule has 0 aromatic heterocycles. The molecule has 0 fully saturated rings. The average molecular weight is 278 g/mol. The van der Waals surface area contributed by atoms with Gasteiger partial charge in [-0.15, -0.1) is 0 Å². The second-order valence-corrected chi connectivity index (χ2v) is 3.98. The third-order valence-corrected chi connectivity index (χ3v) is 2.72. The van der Waals surface area contributed by atoms with Crippen LogP contribution in [0.5, 0.6) is 0 Å². The van der Waals surface area contributed by atoms with E-state index in [4.69, 9.17) is 10.2 Å². The summed E-state index contributed by atoms with van der Waals surface area (Å²) >= 11 is 0. The highest BCUT2D eigenvalue weighted by Crippen LogP contribution is 2.29. The van der Waals surface area contributed by atoms with Gasteiger partial charge < -0.3 is 10.2 Å². The van der Waals surface area contributed by atoms with E-state index < -0.39 is 34.7 Å². The summed E-state index contributed by atoms with van der Waals surface area (Å²) < 4.78 is 27.2. The predicted molar refractivity (Wildman–Crippen MR) is 65.7 cm³/mol. The van der Waals surface area contributed by atoms with Gasteiger partial charge in [0, 0.05) is 5.56 Å². The van der Waals surface area contributed by atoms with Crippen LogP contribution < -0.4 is 0 Å². The third kappa shape index (κ3) is 2.35. The van der Waals surface area contributed by atoms with Crippen molar-refractivity contribution in [3.63, 3.8) is 0 Å². The molecule has 2 rings (SSSR count). The number of hydrogen-bond donors (Lipinski definition) is 2. The summed E-state index contributed by atoms with van der Waals surface area (Å²) in [5.74, 6) is -5.39. The highest BCUT2D eigenvalue weighted by molar-refractivity contribution is 5.97. The standard InChI is InChI=1S/C14H8F2O4/c15-11-6-7(13(17)18)5-10(12(11)16)8-3-1-2-4-9(8)14(19)20/h1-6H,(H,17,18)(H,19,20). The molecule has 0 amide bonds.